The summed E-state index contributed by atoms with van der Waals surface area (Å²) >= 11 is 0. The van der Waals surface area contributed by atoms with E-state index < -0.39 is 12.0 Å². The maximum absolute atomic E-state index is 12.5. The van der Waals surface area contributed by atoms with Crippen molar-refractivity contribution >= 4 is 11.0 Å². The molecule has 19 heavy (non-hydrogen) atoms. The van der Waals surface area contributed by atoms with Gasteiger partial charge in [-0.1, -0.05) is 6.07 Å². The lowest BCUT2D eigenvalue weighted by Gasteiger charge is -2.01. The van der Waals surface area contributed by atoms with E-state index in [1.165, 1.54) is 6.20 Å². The standard InChI is InChI=1S/C12H9F3N4/c1-19-6-17-8-4-7(2-3-10(8)19)9-5-16-11(18-9)12(13,14)15/h2-6H,1H3,(H,16,18). The van der Waals surface area contributed by atoms with Crippen LogP contribution in [0.1, 0.15) is 5.82 Å². The summed E-state index contributed by atoms with van der Waals surface area (Å²) in [6.07, 6.45) is -1.64. The molecule has 2 aromatic heterocycles. The molecule has 3 rings (SSSR count). The normalized spacial score (nSPS) is 12.2. The molecule has 3 aromatic rings. The van der Waals surface area contributed by atoms with E-state index in [1.807, 2.05) is 17.7 Å². The van der Waals surface area contributed by atoms with Gasteiger partial charge in [-0.2, -0.15) is 13.2 Å². The lowest BCUT2D eigenvalue weighted by atomic mass is 10.1. The van der Waals surface area contributed by atoms with Gasteiger partial charge in [0.1, 0.15) is 0 Å². The highest BCUT2D eigenvalue weighted by Gasteiger charge is 2.34. The fourth-order valence-corrected chi connectivity index (χ4v) is 1.92. The predicted octanol–water partition coefficient (Wildman–Crippen LogP) is 2.98. The first-order chi connectivity index (χ1) is 8.95. The lowest BCUT2D eigenvalue weighted by Crippen LogP contribution is -2.07. The van der Waals surface area contributed by atoms with E-state index in [9.17, 15) is 13.2 Å². The number of hydrogen-bond donors (Lipinski definition) is 1. The number of aromatic amines is 1. The van der Waals surface area contributed by atoms with Crippen molar-refractivity contribution in [2.24, 2.45) is 7.05 Å². The molecule has 2 heterocycles. The van der Waals surface area contributed by atoms with E-state index in [0.717, 1.165) is 11.0 Å². The highest BCUT2D eigenvalue weighted by molar-refractivity contribution is 5.81. The van der Waals surface area contributed by atoms with Gasteiger partial charge in [0.25, 0.3) is 0 Å². The third-order valence-corrected chi connectivity index (χ3v) is 2.88. The zero-order valence-corrected chi connectivity index (χ0v) is 9.86. The Morgan fingerprint density at radius 1 is 1.21 bits per heavy atom. The number of hydrogen-bond acceptors (Lipinski definition) is 2. The third kappa shape index (κ3) is 1.96. The molecule has 0 unspecified atom stereocenters. The molecule has 0 saturated carbocycles. The minimum absolute atomic E-state index is 0.319. The summed E-state index contributed by atoms with van der Waals surface area (Å²) in [4.78, 5) is 9.78. The van der Waals surface area contributed by atoms with Gasteiger partial charge in [-0.25, -0.2) is 9.97 Å². The number of aryl methyl sites for hydroxylation is 1. The first kappa shape index (κ1) is 11.8. The number of halogens is 3. The van der Waals surface area contributed by atoms with E-state index in [4.69, 9.17) is 0 Å². The van der Waals surface area contributed by atoms with E-state index >= 15 is 0 Å². The van der Waals surface area contributed by atoms with Gasteiger partial charge < -0.3 is 9.55 Å². The maximum atomic E-state index is 12.5. The molecule has 1 N–H and O–H groups in total. The molecule has 0 spiro atoms. The highest BCUT2D eigenvalue weighted by Crippen LogP contribution is 2.29. The van der Waals surface area contributed by atoms with E-state index in [1.54, 1.807) is 18.5 Å². The van der Waals surface area contributed by atoms with Crippen molar-refractivity contribution in [3.05, 3.63) is 36.5 Å². The van der Waals surface area contributed by atoms with E-state index in [2.05, 4.69) is 15.0 Å². The minimum atomic E-state index is -4.46. The molecule has 0 atom stereocenters. The zero-order chi connectivity index (χ0) is 13.6. The summed E-state index contributed by atoms with van der Waals surface area (Å²) in [7, 11) is 1.85. The number of nitrogens with zero attached hydrogens (tertiary/aromatic N) is 3. The molecule has 0 aliphatic heterocycles. The van der Waals surface area contributed by atoms with Gasteiger partial charge in [0.15, 0.2) is 0 Å². The molecule has 98 valence electrons. The molecule has 0 amide bonds. The SMILES string of the molecule is Cn1cnc2cc(-c3cnc(C(F)(F)F)[nH]3)ccc21. The lowest BCUT2D eigenvalue weighted by molar-refractivity contribution is -0.144. The molecule has 0 aliphatic carbocycles. The van der Waals surface area contributed by atoms with Gasteiger partial charge >= 0.3 is 6.18 Å². The van der Waals surface area contributed by atoms with Crippen molar-refractivity contribution in [3.63, 3.8) is 0 Å². The average molecular weight is 266 g/mol. The smallest absolute Gasteiger partial charge is 0.334 e. The number of nitrogens with one attached hydrogen (secondary N) is 1. The topological polar surface area (TPSA) is 46.5 Å². The van der Waals surface area contributed by atoms with Crippen LogP contribution in [0.5, 0.6) is 0 Å². The Morgan fingerprint density at radius 3 is 2.68 bits per heavy atom. The first-order valence-electron chi connectivity index (χ1n) is 5.49. The second-order valence-corrected chi connectivity index (χ2v) is 4.20. The summed E-state index contributed by atoms with van der Waals surface area (Å²) in [5.41, 5.74) is 2.58. The highest BCUT2D eigenvalue weighted by atomic mass is 19.4. The molecule has 0 saturated heterocycles. The number of alkyl halides is 3. The van der Waals surface area contributed by atoms with Crippen molar-refractivity contribution in [2.45, 2.75) is 6.18 Å². The predicted molar refractivity (Wildman–Crippen MR) is 63.3 cm³/mol. The number of H-pyrrole nitrogens is 1. The van der Waals surface area contributed by atoms with Crippen LogP contribution in [0.2, 0.25) is 0 Å². The Labute approximate surface area is 105 Å². The van der Waals surface area contributed by atoms with Crippen LogP contribution in [-0.2, 0) is 13.2 Å². The Hall–Kier alpha value is -2.31. The largest absolute Gasteiger partial charge is 0.449 e. The Bertz CT molecular complexity index is 739. The second-order valence-electron chi connectivity index (χ2n) is 4.20. The van der Waals surface area contributed by atoms with Crippen molar-refractivity contribution in [1.29, 1.82) is 0 Å². The number of fused-ring (bicyclic) bond motifs is 1. The molecule has 1 aromatic carbocycles. The fourth-order valence-electron chi connectivity index (χ4n) is 1.92. The van der Waals surface area contributed by atoms with Crippen molar-refractivity contribution in [1.82, 2.24) is 19.5 Å². The average Bonchev–Trinajstić information content (AvgIpc) is 2.95. The Balaban J connectivity index is 2.06. The number of imidazole rings is 2. The van der Waals surface area contributed by atoms with Crippen molar-refractivity contribution in [2.75, 3.05) is 0 Å². The van der Waals surface area contributed by atoms with Crippen LogP contribution in [0.25, 0.3) is 22.3 Å². The van der Waals surface area contributed by atoms with Crippen LogP contribution in [0.4, 0.5) is 13.2 Å². The Morgan fingerprint density at radius 2 is 2.00 bits per heavy atom. The van der Waals surface area contributed by atoms with E-state index in [-0.39, 0.29) is 0 Å². The maximum Gasteiger partial charge on any atom is 0.449 e. The molecule has 7 heteroatoms. The summed E-state index contributed by atoms with van der Waals surface area (Å²) in [6.45, 7) is 0. The molecule has 0 bridgehead atoms. The van der Waals surface area contributed by atoms with Crippen LogP contribution in [0.3, 0.4) is 0 Å². The van der Waals surface area contributed by atoms with Crippen LogP contribution < -0.4 is 0 Å². The van der Waals surface area contributed by atoms with Crippen LogP contribution >= 0.6 is 0 Å². The van der Waals surface area contributed by atoms with Gasteiger partial charge in [0, 0.05) is 12.6 Å². The zero-order valence-electron chi connectivity index (χ0n) is 9.86. The first-order valence-corrected chi connectivity index (χ1v) is 5.49. The monoisotopic (exact) mass is 266 g/mol. The van der Waals surface area contributed by atoms with Crippen LogP contribution in [0.15, 0.2) is 30.7 Å². The summed E-state index contributed by atoms with van der Waals surface area (Å²) in [5, 5.41) is 0. The molecule has 0 aliphatic rings. The van der Waals surface area contributed by atoms with E-state index in [0.29, 0.717) is 11.3 Å². The minimum Gasteiger partial charge on any atom is -0.334 e. The van der Waals surface area contributed by atoms with Gasteiger partial charge in [0.05, 0.1) is 29.3 Å². The van der Waals surface area contributed by atoms with Gasteiger partial charge in [0.2, 0.25) is 5.82 Å². The van der Waals surface area contributed by atoms with Crippen LogP contribution in [-0.4, -0.2) is 19.5 Å². The summed E-state index contributed by atoms with van der Waals surface area (Å²) in [5.74, 6) is -0.997. The molecule has 4 nitrogen and oxygen atoms in total. The van der Waals surface area contributed by atoms with Crippen LogP contribution in [0, 0.1) is 0 Å². The second kappa shape index (κ2) is 3.84. The fraction of sp³-hybridized carbons (Fsp3) is 0.167. The van der Waals surface area contributed by atoms with Crippen molar-refractivity contribution < 1.29 is 13.2 Å². The number of rotatable bonds is 1. The molecule has 0 radical (unpaired) electrons. The quantitative estimate of drug-likeness (QED) is 0.736. The van der Waals surface area contributed by atoms with Gasteiger partial charge in [-0.15, -0.1) is 0 Å². The summed E-state index contributed by atoms with van der Waals surface area (Å²) in [6, 6.07) is 5.27. The molecular weight excluding hydrogens is 257 g/mol. The third-order valence-electron chi connectivity index (χ3n) is 2.88. The van der Waals surface area contributed by atoms with Crippen molar-refractivity contribution in [3.8, 4) is 11.3 Å². The van der Waals surface area contributed by atoms with Gasteiger partial charge in [-0.3, -0.25) is 0 Å². The Kier molecular flexibility index (Phi) is 2.38. The number of benzene rings is 1. The summed E-state index contributed by atoms with van der Waals surface area (Å²) < 4.78 is 39.2. The number of aromatic nitrogens is 4. The molecular formula is C12H9F3N4. The van der Waals surface area contributed by atoms with Gasteiger partial charge in [-0.05, 0) is 12.1 Å². The molecule has 0 fully saturated rings.